The number of imidazole rings is 1. The molecule has 0 bridgehead atoms. The Morgan fingerprint density at radius 2 is 1.60 bits per heavy atom. The smallest absolute Gasteiger partial charge is 0.251 e. The van der Waals surface area contributed by atoms with Gasteiger partial charge >= 0.3 is 0 Å². The third-order valence-electron chi connectivity index (χ3n) is 7.67. The molecule has 6 rings (SSSR count). The van der Waals surface area contributed by atoms with E-state index in [1.165, 1.54) is 0 Å². The van der Waals surface area contributed by atoms with Crippen LogP contribution < -0.4 is 16.0 Å². The van der Waals surface area contributed by atoms with Crippen molar-refractivity contribution >= 4 is 33.5 Å². The predicted molar refractivity (Wildman–Crippen MR) is 169 cm³/mol. The summed E-state index contributed by atoms with van der Waals surface area (Å²) in [5.41, 5.74) is 4.42. The molecule has 0 radical (unpaired) electrons. The number of hydrogen-bond donors (Lipinski definition) is 5. The van der Waals surface area contributed by atoms with Gasteiger partial charge in [-0.1, -0.05) is 72.8 Å². The highest BCUT2D eigenvalue weighted by Crippen LogP contribution is 2.24. The Balaban J connectivity index is 1.17. The summed E-state index contributed by atoms with van der Waals surface area (Å²) in [5, 5.41) is 12.8. The second kappa shape index (κ2) is 12.8. The zero-order valence-corrected chi connectivity index (χ0v) is 23.9. The third kappa shape index (κ3) is 6.66. The molecule has 0 saturated heterocycles. The number of nitrogens with one attached hydrogen (secondary N) is 5. The number of hydrogen-bond acceptors (Lipinski definition) is 4. The van der Waals surface area contributed by atoms with Crippen molar-refractivity contribution in [1.82, 2.24) is 30.9 Å². The molecule has 8 heteroatoms. The van der Waals surface area contributed by atoms with Crippen LogP contribution in [-0.2, 0) is 24.3 Å². The molecule has 0 aliphatic heterocycles. The first-order chi connectivity index (χ1) is 21.0. The van der Waals surface area contributed by atoms with Gasteiger partial charge in [-0.25, -0.2) is 4.98 Å². The summed E-state index contributed by atoms with van der Waals surface area (Å²) in [6.07, 6.45) is 3.84. The molecular weight excluding hydrogens is 536 g/mol. The van der Waals surface area contributed by atoms with Crippen LogP contribution in [0.3, 0.4) is 0 Å². The summed E-state index contributed by atoms with van der Waals surface area (Å²) in [6.45, 7) is 3.23. The number of carbonyl (C=O) groups excluding carboxylic acids is 2. The molecular formula is C35H34N6O2. The van der Waals surface area contributed by atoms with Crippen LogP contribution in [0.15, 0.2) is 109 Å². The minimum atomic E-state index is -0.785. The van der Waals surface area contributed by atoms with E-state index in [1.807, 2.05) is 73.7 Å². The van der Waals surface area contributed by atoms with Crippen LogP contribution in [0.2, 0.25) is 0 Å². The minimum absolute atomic E-state index is 0.244. The molecule has 0 fully saturated rings. The second-order valence-electron chi connectivity index (χ2n) is 10.7. The van der Waals surface area contributed by atoms with Crippen molar-refractivity contribution in [3.05, 3.63) is 138 Å². The van der Waals surface area contributed by atoms with Crippen LogP contribution in [0.5, 0.6) is 0 Å². The fourth-order valence-electron chi connectivity index (χ4n) is 5.43. The van der Waals surface area contributed by atoms with E-state index >= 15 is 0 Å². The summed E-state index contributed by atoms with van der Waals surface area (Å²) in [5.74, 6) is 0.320. The van der Waals surface area contributed by atoms with Crippen molar-refractivity contribution in [3.63, 3.8) is 0 Å². The summed E-state index contributed by atoms with van der Waals surface area (Å²) in [6, 6.07) is 30.6. The highest BCUT2D eigenvalue weighted by molar-refractivity contribution is 5.98. The lowest BCUT2D eigenvalue weighted by atomic mass is 9.99. The Bertz CT molecular complexity index is 1800. The third-order valence-corrected chi connectivity index (χ3v) is 7.67. The number of nitrogens with zero attached hydrogens (tertiary/aromatic N) is 1. The van der Waals surface area contributed by atoms with Gasteiger partial charge in [0.1, 0.15) is 11.9 Å². The van der Waals surface area contributed by atoms with Crippen LogP contribution in [-0.4, -0.2) is 32.8 Å². The van der Waals surface area contributed by atoms with Crippen molar-refractivity contribution < 1.29 is 9.59 Å². The first-order valence-electron chi connectivity index (χ1n) is 14.5. The Hall–Kier alpha value is -5.21. The Labute approximate surface area is 249 Å². The zero-order valence-electron chi connectivity index (χ0n) is 23.9. The zero-order chi connectivity index (χ0) is 29.6. The molecule has 2 amide bonds. The molecule has 4 aromatic carbocycles. The van der Waals surface area contributed by atoms with E-state index in [0.29, 0.717) is 25.1 Å². The molecule has 8 nitrogen and oxygen atoms in total. The van der Waals surface area contributed by atoms with E-state index in [0.717, 1.165) is 44.3 Å². The van der Waals surface area contributed by atoms with Gasteiger partial charge in [-0.2, -0.15) is 0 Å². The first kappa shape index (κ1) is 27.9. The average molecular weight is 571 g/mol. The van der Waals surface area contributed by atoms with Crippen molar-refractivity contribution in [1.29, 1.82) is 0 Å². The lowest BCUT2D eigenvalue weighted by Gasteiger charge is -2.22. The van der Waals surface area contributed by atoms with E-state index in [2.05, 4.69) is 49.1 Å². The molecule has 2 atom stereocenters. The highest BCUT2D eigenvalue weighted by atomic mass is 16.2. The first-order valence-corrected chi connectivity index (χ1v) is 14.5. The SMILES string of the molecule is C[C@H](NC(=O)[C@H](Cc1cc2ccccc2[nH]1)NC(=O)c1ccc(CNCc2ncc[nH]2)cc1)c1cccc2ccccc12. The number of fused-ring (bicyclic) bond motifs is 2. The molecule has 0 unspecified atom stereocenters. The fourth-order valence-corrected chi connectivity index (χ4v) is 5.43. The van der Waals surface area contributed by atoms with E-state index in [1.54, 1.807) is 24.5 Å². The van der Waals surface area contributed by atoms with Crippen LogP contribution in [0.4, 0.5) is 0 Å². The molecule has 6 aromatic rings. The number of H-pyrrole nitrogens is 2. The largest absolute Gasteiger partial charge is 0.358 e. The van der Waals surface area contributed by atoms with Gasteiger partial charge in [-0.05, 0) is 58.5 Å². The van der Waals surface area contributed by atoms with Gasteiger partial charge in [0.2, 0.25) is 5.91 Å². The number of aromatic amines is 2. The monoisotopic (exact) mass is 570 g/mol. The van der Waals surface area contributed by atoms with Crippen LogP contribution in [0, 0.1) is 0 Å². The lowest BCUT2D eigenvalue weighted by molar-refractivity contribution is -0.123. The standard InChI is InChI=1S/C35H34N6O2/c1-23(29-11-6-9-25-7-2-4-10-30(25)29)39-35(43)32(20-28-19-27-8-3-5-12-31(27)40-28)41-34(42)26-15-13-24(14-16-26)21-36-22-33-37-17-18-38-33/h2-19,23,32,36,40H,20-22H2,1H3,(H,37,38)(H,39,43)(H,41,42)/t23-,32-/m0/s1. The Morgan fingerprint density at radius 1 is 0.837 bits per heavy atom. The molecule has 2 heterocycles. The summed E-state index contributed by atoms with van der Waals surface area (Å²) >= 11 is 0. The van der Waals surface area contributed by atoms with Gasteiger partial charge in [0.05, 0.1) is 12.6 Å². The number of para-hydroxylation sites is 1. The lowest BCUT2D eigenvalue weighted by Crippen LogP contribution is -2.48. The minimum Gasteiger partial charge on any atom is -0.358 e. The Morgan fingerprint density at radius 3 is 2.40 bits per heavy atom. The summed E-state index contributed by atoms with van der Waals surface area (Å²) < 4.78 is 0. The van der Waals surface area contributed by atoms with Crippen LogP contribution in [0.25, 0.3) is 21.7 Å². The molecule has 0 spiro atoms. The summed E-state index contributed by atoms with van der Waals surface area (Å²) in [7, 11) is 0. The van der Waals surface area contributed by atoms with Crippen molar-refractivity contribution in [2.45, 2.75) is 38.5 Å². The fraction of sp³-hybridized carbons (Fsp3) is 0.171. The van der Waals surface area contributed by atoms with E-state index in [4.69, 9.17) is 0 Å². The molecule has 43 heavy (non-hydrogen) atoms. The van der Waals surface area contributed by atoms with Crippen LogP contribution >= 0.6 is 0 Å². The number of aromatic nitrogens is 3. The molecule has 5 N–H and O–H groups in total. The highest BCUT2D eigenvalue weighted by Gasteiger charge is 2.25. The number of amides is 2. The normalized spacial score (nSPS) is 12.7. The van der Waals surface area contributed by atoms with Gasteiger partial charge in [0, 0.05) is 42.1 Å². The van der Waals surface area contributed by atoms with Crippen molar-refractivity contribution in [2.75, 3.05) is 0 Å². The predicted octanol–water partition coefficient (Wildman–Crippen LogP) is 5.55. The van der Waals surface area contributed by atoms with Crippen molar-refractivity contribution in [2.24, 2.45) is 0 Å². The second-order valence-corrected chi connectivity index (χ2v) is 10.7. The van der Waals surface area contributed by atoms with E-state index < -0.39 is 6.04 Å². The topological polar surface area (TPSA) is 115 Å². The molecule has 0 aliphatic carbocycles. The Kier molecular flexibility index (Phi) is 8.28. The molecule has 0 aliphatic rings. The molecule has 0 saturated carbocycles. The summed E-state index contributed by atoms with van der Waals surface area (Å²) in [4.78, 5) is 37.8. The van der Waals surface area contributed by atoms with Gasteiger partial charge in [-0.3, -0.25) is 9.59 Å². The van der Waals surface area contributed by atoms with Crippen LogP contribution in [0.1, 0.15) is 46.0 Å². The average Bonchev–Trinajstić information content (AvgIpc) is 3.70. The molecule has 2 aromatic heterocycles. The maximum Gasteiger partial charge on any atom is 0.251 e. The van der Waals surface area contributed by atoms with Gasteiger partial charge < -0.3 is 25.9 Å². The van der Waals surface area contributed by atoms with Gasteiger partial charge in [-0.15, -0.1) is 0 Å². The number of carbonyl (C=O) groups is 2. The van der Waals surface area contributed by atoms with Gasteiger partial charge in [0.25, 0.3) is 5.91 Å². The molecule has 216 valence electrons. The maximum atomic E-state index is 13.8. The van der Waals surface area contributed by atoms with E-state index in [-0.39, 0.29) is 17.9 Å². The van der Waals surface area contributed by atoms with E-state index in [9.17, 15) is 9.59 Å². The number of rotatable bonds is 11. The number of benzene rings is 4. The maximum absolute atomic E-state index is 13.8. The van der Waals surface area contributed by atoms with Gasteiger partial charge in [0.15, 0.2) is 0 Å². The van der Waals surface area contributed by atoms with Crippen molar-refractivity contribution in [3.8, 4) is 0 Å². The quantitative estimate of drug-likeness (QED) is 0.140.